The molecule has 0 spiro atoms. The summed E-state index contributed by atoms with van der Waals surface area (Å²) in [5, 5.41) is 13.5. The highest BCUT2D eigenvalue weighted by molar-refractivity contribution is 7.99. The fourth-order valence-electron chi connectivity index (χ4n) is 1.90. The number of carbonyl (C=O) groups is 2. The lowest BCUT2D eigenvalue weighted by molar-refractivity contribution is -0.125. The average Bonchev–Trinajstić information content (AvgIpc) is 2.91. The molecule has 1 aromatic rings. The topological polar surface area (TPSA) is 100 Å². The molecule has 1 rings (SSSR count). The lowest BCUT2D eigenvalue weighted by atomic mass is 10.2. The van der Waals surface area contributed by atoms with Crippen LogP contribution in [-0.4, -0.2) is 59.3 Å². The number of amides is 2. The van der Waals surface area contributed by atoms with Gasteiger partial charge in [-0.25, -0.2) is 0 Å². The summed E-state index contributed by atoms with van der Waals surface area (Å²) in [6.45, 7) is 5.72. The summed E-state index contributed by atoms with van der Waals surface area (Å²) in [5.41, 5.74) is 0. The van der Waals surface area contributed by atoms with Crippen LogP contribution in [0.4, 0.5) is 0 Å². The smallest absolute Gasteiger partial charge is 0.277 e. The van der Waals surface area contributed by atoms with Crippen molar-refractivity contribution in [3.63, 3.8) is 0 Å². The van der Waals surface area contributed by atoms with E-state index in [1.165, 1.54) is 0 Å². The second kappa shape index (κ2) is 9.51. The van der Waals surface area contributed by atoms with E-state index in [0.717, 1.165) is 18.2 Å². The predicted molar refractivity (Wildman–Crippen MR) is 88.0 cm³/mol. The molecule has 0 aromatic carbocycles. The molecular formula is C14H25N5O3S. The fraction of sp³-hybridized carbons (Fsp3) is 0.714. The lowest BCUT2D eigenvalue weighted by Gasteiger charge is -2.18. The zero-order valence-electron chi connectivity index (χ0n) is 14.3. The van der Waals surface area contributed by atoms with Crippen LogP contribution in [0, 0.1) is 0 Å². The van der Waals surface area contributed by atoms with Crippen molar-refractivity contribution in [2.45, 2.75) is 44.5 Å². The Labute approximate surface area is 140 Å². The Morgan fingerprint density at radius 3 is 2.52 bits per heavy atom. The molecule has 8 nitrogen and oxygen atoms in total. The lowest BCUT2D eigenvalue weighted by Crippen LogP contribution is -2.40. The third-order valence-corrected chi connectivity index (χ3v) is 3.76. The number of nitrogens with zero attached hydrogens (tertiary/aromatic N) is 3. The van der Waals surface area contributed by atoms with E-state index in [0.29, 0.717) is 11.1 Å². The number of nitrogens with one attached hydrogen (secondary N) is 2. The Morgan fingerprint density at radius 1 is 1.26 bits per heavy atom. The van der Waals surface area contributed by atoms with Gasteiger partial charge in [0.15, 0.2) is 0 Å². The highest BCUT2D eigenvalue weighted by Gasteiger charge is 2.19. The van der Waals surface area contributed by atoms with Crippen LogP contribution in [0.2, 0.25) is 0 Å². The van der Waals surface area contributed by atoms with E-state index >= 15 is 0 Å². The van der Waals surface area contributed by atoms with Crippen molar-refractivity contribution in [2.24, 2.45) is 0 Å². The Morgan fingerprint density at radius 2 is 1.96 bits per heavy atom. The van der Waals surface area contributed by atoms with E-state index < -0.39 is 0 Å². The van der Waals surface area contributed by atoms with Gasteiger partial charge in [0.25, 0.3) is 5.22 Å². The minimum atomic E-state index is -0.256. The molecule has 130 valence electrons. The van der Waals surface area contributed by atoms with Crippen molar-refractivity contribution in [1.29, 1.82) is 0 Å². The number of aromatic nitrogens is 2. The molecule has 0 saturated heterocycles. The maximum Gasteiger partial charge on any atom is 0.277 e. The van der Waals surface area contributed by atoms with Gasteiger partial charge >= 0.3 is 0 Å². The van der Waals surface area contributed by atoms with Gasteiger partial charge in [-0.1, -0.05) is 18.7 Å². The van der Waals surface area contributed by atoms with E-state index in [-0.39, 0.29) is 36.2 Å². The zero-order valence-corrected chi connectivity index (χ0v) is 15.1. The van der Waals surface area contributed by atoms with Crippen LogP contribution in [0.15, 0.2) is 9.64 Å². The van der Waals surface area contributed by atoms with Crippen molar-refractivity contribution in [3.05, 3.63) is 5.89 Å². The molecule has 0 aliphatic heterocycles. The second-order valence-corrected chi connectivity index (χ2v) is 6.51. The minimum Gasteiger partial charge on any atom is -0.414 e. The van der Waals surface area contributed by atoms with Crippen LogP contribution in [-0.2, 0) is 9.59 Å². The molecule has 0 aliphatic carbocycles. The summed E-state index contributed by atoms with van der Waals surface area (Å²) in [7, 11) is 3.89. The number of thioether (sulfide) groups is 1. The van der Waals surface area contributed by atoms with E-state index in [1.54, 1.807) is 0 Å². The van der Waals surface area contributed by atoms with Crippen LogP contribution in [0.1, 0.15) is 39.1 Å². The monoisotopic (exact) mass is 343 g/mol. The summed E-state index contributed by atoms with van der Waals surface area (Å²) in [6.07, 6.45) is 0.852. The maximum absolute atomic E-state index is 11.7. The molecule has 0 bridgehead atoms. The van der Waals surface area contributed by atoms with Crippen LogP contribution in [0.3, 0.4) is 0 Å². The van der Waals surface area contributed by atoms with E-state index in [2.05, 4.69) is 20.8 Å². The Balaban J connectivity index is 2.39. The number of rotatable bonds is 9. The summed E-state index contributed by atoms with van der Waals surface area (Å²) in [5.74, 6) is 0.190. The maximum atomic E-state index is 11.7. The van der Waals surface area contributed by atoms with Crippen molar-refractivity contribution >= 4 is 23.6 Å². The van der Waals surface area contributed by atoms with E-state index in [9.17, 15) is 9.59 Å². The molecule has 0 unspecified atom stereocenters. The van der Waals surface area contributed by atoms with Gasteiger partial charge in [-0.3, -0.25) is 14.5 Å². The fourth-order valence-corrected chi connectivity index (χ4v) is 2.50. The number of hydrogen-bond acceptors (Lipinski definition) is 7. The van der Waals surface area contributed by atoms with Crippen LogP contribution >= 0.6 is 11.8 Å². The molecule has 1 atom stereocenters. The van der Waals surface area contributed by atoms with Crippen LogP contribution in [0.5, 0.6) is 0 Å². The normalized spacial score (nSPS) is 12.5. The first-order valence-electron chi connectivity index (χ1n) is 7.52. The molecule has 9 heteroatoms. The van der Waals surface area contributed by atoms with Gasteiger partial charge in [0, 0.05) is 6.04 Å². The van der Waals surface area contributed by atoms with Crippen LogP contribution in [0.25, 0.3) is 0 Å². The highest BCUT2D eigenvalue weighted by atomic mass is 32.2. The average molecular weight is 343 g/mol. The summed E-state index contributed by atoms with van der Waals surface area (Å²) in [6, 6.07) is 0.110. The second-order valence-electron chi connectivity index (χ2n) is 5.58. The van der Waals surface area contributed by atoms with Gasteiger partial charge < -0.3 is 15.1 Å². The highest BCUT2D eigenvalue weighted by Crippen LogP contribution is 2.23. The van der Waals surface area contributed by atoms with Gasteiger partial charge in [-0.05, 0) is 34.4 Å². The first-order chi connectivity index (χ1) is 10.8. The van der Waals surface area contributed by atoms with Crippen LogP contribution < -0.4 is 10.6 Å². The first-order valence-corrected chi connectivity index (χ1v) is 8.50. The van der Waals surface area contributed by atoms with Gasteiger partial charge in [0.1, 0.15) is 0 Å². The zero-order chi connectivity index (χ0) is 17.4. The molecule has 23 heavy (non-hydrogen) atoms. The molecule has 1 heterocycles. The van der Waals surface area contributed by atoms with Crippen molar-refractivity contribution in [2.75, 3.05) is 26.4 Å². The Bertz CT molecular complexity index is 518. The minimum absolute atomic E-state index is 0.0365. The van der Waals surface area contributed by atoms with Crippen molar-refractivity contribution < 1.29 is 14.0 Å². The van der Waals surface area contributed by atoms with Crippen molar-refractivity contribution in [1.82, 2.24) is 25.7 Å². The quantitative estimate of drug-likeness (QED) is 0.640. The largest absolute Gasteiger partial charge is 0.414 e. The third kappa shape index (κ3) is 7.00. The van der Waals surface area contributed by atoms with Gasteiger partial charge in [-0.2, -0.15) is 0 Å². The predicted octanol–water partition coefficient (Wildman–Crippen LogP) is 0.815. The SMILES string of the molecule is CC[C@H](c1nnc(SCC(=O)NCC(=O)NC(C)C)o1)N(C)C. The summed E-state index contributed by atoms with van der Waals surface area (Å²) in [4.78, 5) is 25.1. The Kier molecular flexibility index (Phi) is 8.04. The van der Waals surface area contributed by atoms with E-state index in [1.807, 2.05) is 39.8 Å². The molecule has 2 amide bonds. The summed E-state index contributed by atoms with van der Waals surface area (Å²) >= 11 is 1.15. The molecule has 0 saturated carbocycles. The first kappa shape index (κ1) is 19.4. The summed E-state index contributed by atoms with van der Waals surface area (Å²) < 4.78 is 5.57. The molecule has 0 radical (unpaired) electrons. The van der Waals surface area contributed by atoms with Gasteiger partial charge in [0.05, 0.1) is 18.3 Å². The molecular weight excluding hydrogens is 318 g/mol. The van der Waals surface area contributed by atoms with Gasteiger partial charge in [-0.15, -0.1) is 10.2 Å². The van der Waals surface area contributed by atoms with E-state index in [4.69, 9.17) is 4.42 Å². The van der Waals surface area contributed by atoms with Gasteiger partial charge in [0.2, 0.25) is 17.7 Å². The molecule has 2 N–H and O–H groups in total. The number of carbonyl (C=O) groups excluding carboxylic acids is 2. The molecule has 0 aliphatic rings. The third-order valence-electron chi connectivity index (χ3n) is 2.94. The number of hydrogen-bond donors (Lipinski definition) is 2. The standard InChI is InChI=1S/C14H25N5O3S/c1-6-10(19(4)5)13-17-18-14(22-13)23-8-12(21)15-7-11(20)16-9(2)3/h9-10H,6-8H2,1-5H3,(H,15,21)(H,16,20)/t10-/m1/s1. The Hall–Kier alpha value is -1.61. The molecule has 1 aromatic heterocycles. The van der Waals surface area contributed by atoms with Crippen molar-refractivity contribution in [3.8, 4) is 0 Å². The molecule has 0 fully saturated rings.